The molecule has 122 valence electrons. The molecule has 0 spiro atoms. The molecule has 1 fully saturated rings. The normalized spacial score (nSPS) is 15.2. The molecule has 4 nitrogen and oxygen atoms in total. The van der Waals surface area contributed by atoms with Gasteiger partial charge in [-0.3, -0.25) is 0 Å². The van der Waals surface area contributed by atoms with E-state index in [1.54, 1.807) is 0 Å². The fraction of sp³-hybridized carbons (Fsp3) is 0.222. The summed E-state index contributed by atoms with van der Waals surface area (Å²) in [6.45, 7) is 1.91. The van der Waals surface area contributed by atoms with E-state index in [-0.39, 0.29) is 5.88 Å². The number of aromatic nitrogens is 1. The number of hydrogen-bond donors (Lipinski definition) is 1. The summed E-state index contributed by atoms with van der Waals surface area (Å²) in [4.78, 5) is 0. The highest BCUT2D eigenvalue weighted by Gasteiger charge is 2.27. The van der Waals surface area contributed by atoms with Crippen molar-refractivity contribution >= 4 is 45.6 Å². The van der Waals surface area contributed by atoms with E-state index in [2.05, 4.69) is 10.2 Å². The monoisotopic (exact) mass is 357 g/mol. The molecular weight excluding hydrogens is 342 g/mol. The van der Waals surface area contributed by atoms with Crippen LogP contribution in [0.2, 0.25) is 5.02 Å². The predicted octanol–water partition coefficient (Wildman–Crippen LogP) is 6.01. The Kier molecular flexibility index (Phi) is 3.98. The van der Waals surface area contributed by atoms with Crippen LogP contribution < -0.4 is 0 Å². The van der Waals surface area contributed by atoms with Gasteiger partial charge in [-0.1, -0.05) is 35.9 Å². The molecule has 0 saturated carbocycles. The van der Waals surface area contributed by atoms with Crippen LogP contribution in [0.25, 0.3) is 10.9 Å². The quantitative estimate of drug-likeness (QED) is 0.583. The minimum atomic E-state index is 0.185. The first-order valence-electron chi connectivity index (χ1n) is 7.73. The Bertz CT molecular complexity index is 947. The van der Waals surface area contributed by atoms with Gasteiger partial charge in [-0.05, 0) is 30.7 Å². The van der Waals surface area contributed by atoms with Crippen LogP contribution in [0.15, 0.2) is 52.7 Å². The topological polar surface area (TPSA) is 49.9 Å². The maximum atomic E-state index is 10.7. The number of rotatable bonds is 3. The molecule has 0 bridgehead atoms. The largest absolute Gasteiger partial charge is 0.493 e. The van der Waals surface area contributed by atoms with Crippen molar-refractivity contribution in [1.82, 2.24) is 4.57 Å². The van der Waals surface area contributed by atoms with Crippen molar-refractivity contribution in [2.24, 2.45) is 10.2 Å². The molecule has 0 amide bonds. The lowest BCUT2D eigenvalue weighted by molar-refractivity contribution is 0.406. The van der Waals surface area contributed by atoms with Crippen molar-refractivity contribution in [3.05, 3.63) is 53.1 Å². The zero-order chi connectivity index (χ0) is 16.7. The minimum Gasteiger partial charge on any atom is -0.493 e. The summed E-state index contributed by atoms with van der Waals surface area (Å²) < 4.78 is 1.98. The third-order valence-electron chi connectivity index (χ3n) is 4.34. The Labute approximate surface area is 149 Å². The zero-order valence-electron chi connectivity index (χ0n) is 13.1. The minimum absolute atomic E-state index is 0.185. The molecule has 0 radical (unpaired) electrons. The average molecular weight is 358 g/mol. The van der Waals surface area contributed by atoms with E-state index >= 15 is 0 Å². The summed E-state index contributed by atoms with van der Waals surface area (Å²) >= 11 is 8.02. The van der Waals surface area contributed by atoms with Crippen LogP contribution >= 0.6 is 23.4 Å². The maximum Gasteiger partial charge on any atom is 0.221 e. The second kappa shape index (κ2) is 6.15. The fourth-order valence-electron chi connectivity index (χ4n) is 2.88. The number of azo groups is 1. The van der Waals surface area contributed by atoms with Gasteiger partial charge in [-0.25, -0.2) is 0 Å². The summed E-state index contributed by atoms with van der Waals surface area (Å²) in [7, 11) is 0. The van der Waals surface area contributed by atoms with Crippen molar-refractivity contribution in [3.63, 3.8) is 0 Å². The molecule has 1 aliphatic heterocycles. The second-order valence-electron chi connectivity index (χ2n) is 5.83. The Morgan fingerprint density at radius 1 is 1.12 bits per heavy atom. The van der Waals surface area contributed by atoms with Crippen LogP contribution in [0.4, 0.5) is 11.4 Å². The van der Waals surface area contributed by atoms with Gasteiger partial charge in [0.1, 0.15) is 0 Å². The summed E-state index contributed by atoms with van der Waals surface area (Å²) in [5.74, 6) is 2.21. The molecule has 24 heavy (non-hydrogen) atoms. The number of nitrogens with zero attached hydrogens (tertiary/aromatic N) is 3. The molecule has 0 aliphatic carbocycles. The van der Waals surface area contributed by atoms with Gasteiger partial charge in [0, 0.05) is 21.9 Å². The van der Waals surface area contributed by atoms with E-state index in [0.717, 1.165) is 28.0 Å². The van der Waals surface area contributed by atoms with E-state index in [1.807, 2.05) is 65.7 Å². The first-order chi connectivity index (χ1) is 11.7. The average Bonchev–Trinajstić information content (AvgIpc) is 2.80. The van der Waals surface area contributed by atoms with Crippen molar-refractivity contribution in [1.29, 1.82) is 0 Å². The Balaban J connectivity index is 1.83. The Morgan fingerprint density at radius 3 is 2.67 bits per heavy atom. The summed E-state index contributed by atoms with van der Waals surface area (Å²) in [5.41, 5.74) is 3.10. The predicted molar refractivity (Wildman–Crippen MR) is 100 cm³/mol. The Hall–Kier alpha value is -1.98. The molecule has 0 unspecified atom stereocenters. The van der Waals surface area contributed by atoms with E-state index in [1.165, 1.54) is 0 Å². The third kappa shape index (κ3) is 2.48. The molecule has 1 aromatic heterocycles. The highest BCUT2D eigenvalue weighted by atomic mass is 35.5. The van der Waals surface area contributed by atoms with Crippen LogP contribution in [0.3, 0.4) is 0 Å². The van der Waals surface area contributed by atoms with Gasteiger partial charge in [-0.15, -0.1) is 5.11 Å². The van der Waals surface area contributed by atoms with Crippen molar-refractivity contribution < 1.29 is 5.11 Å². The lowest BCUT2D eigenvalue weighted by atomic mass is 10.2. The molecule has 2 heterocycles. The standard InChI is InChI=1S/C18H16ClN3OS/c1-11-14(19)6-4-7-15(11)20-21-17-13-5-2-3-8-16(13)22(18(17)23)12-9-24-10-12/h2-8,12,23H,9-10H2,1H3. The summed E-state index contributed by atoms with van der Waals surface area (Å²) in [6.07, 6.45) is 0. The van der Waals surface area contributed by atoms with E-state index in [4.69, 9.17) is 11.6 Å². The smallest absolute Gasteiger partial charge is 0.221 e. The van der Waals surface area contributed by atoms with Gasteiger partial charge >= 0.3 is 0 Å². The fourth-order valence-corrected chi connectivity index (χ4v) is 3.80. The number of hydrogen-bond acceptors (Lipinski definition) is 4. The van der Waals surface area contributed by atoms with Crippen molar-refractivity contribution in [2.45, 2.75) is 13.0 Å². The van der Waals surface area contributed by atoms with Crippen LogP contribution in [0.1, 0.15) is 11.6 Å². The van der Waals surface area contributed by atoms with Gasteiger partial charge in [0.25, 0.3) is 0 Å². The number of halogens is 1. The Morgan fingerprint density at radius 2 is 1.92 bits per heavy atom. The SMILES string of the molecule is Cc1c(Cl)cccc1N=Nc1c(O)n(C2CSC2)c2ccccc12. The molecular formula is C18H16ClN3OS. The lowest BCUT2D eigenvalue weighted by Gasteiger charge is -2.27. The van der Waals surface area contributed by atoms with Gasteiger partial charge in [-0.2, -0.15) is 16.9 Å². The third-order valence-corrected chi connectivity index (χ3v) is 5.99. The summed E-state index contributed by atoms with van der Waals surface area (Å²) in [6, 6.07) is 13.8. The first-order valence-corrected chi connectivity index (χ1v) is 9.26. The molecule has 6 heteroatoms. The highest BCUT2D eigenvalue weighted by Crippen LogP contribution is 2.45. The molecule has 2 aromatic carbocycles. The van der Waals surface area contributed by atoms with Gasteiger partial charge in [0.2, 0.25) is 5.88 Å². The zero-order valence-corrected chi connectivity index (χ0v) is 14.7. The van der Waals surface area contributed by atoms with Crippen LogP contribution in [-0.2, 0) is 0 Å². The lowest BCUT2D eigenvalue weighted by Crippen LogP contribution is -2.22. The molecule has 3 aromatic rings. The van der Waals surface area contributed by atoms with Gasteiger partial charge in [0.15, 0.2) is 5.69 Å². The number of thioether (sulfide) groups is 1. The highest BCUT2D eigenvalue weighted by molar-refractivity contribution is 8.00. The van der Waals surface area contributed by atoms with Crippen molar-refractivity contribution in [2.75, 3.05) is 11.5 Å². The number of aromatic hydroxyl groups is 1. The second-order valence-corrected chi connectivity index (χ2v) is 7.32. The summed E-state index contributed by atoms with van der Waals surface area (Å²) in [5, 5.41) is 21.0. The van der Waals surface area contributed by atoms with Crippen LogP contribution in [-0.4, -0.2) is 21.2 Å². The van der Waals surface area contributed by atoms with Gasteiger partial charge in [0.05, 0.1) is 17.2 Å². The van der Waals surface area contributed by atoms with E-state index < -0.39 is 0 Å². The molecule has 1 N–H and O–H groups in total. The molecule has 4 rings (SSSR count). The van der Waals surface area contributed by atoms with Gasteiger partial charge < -0.3 is 9.67 Å². The van der Waals surface area contributed by atoms with Crippen LogP contribution in [0, 0.1) is 6.92 Å². The van der Waals surface area contributed by atoms with E-state index in [9.17, 15) is 5.11 Å². The number of fused-ring (bicyclic) bond motifs is 1. The van der Waals surface area contributed by atoms with Crippen LogP contribution in [0.5, 0.6) is 5.88 Å². The molecule has 1 aliphatic rings. The maximum absolute atomic E-state index is 10.7. The molecule has 1 saturated heterocycles. The number of benzene rings is 2. The molecule has 0 atom stereocenters. The number of para-hydroxylation sites is 1. The van der Waals surface area contributed by atoms with E-state index in [0.29, 0.717) is 22.4 Å². The van der Waals surface area contributed by atoms with Crippen molar-refractivity contribution in [3.8, 4) is 5.88 Å². The first kappa shape index (κ1) is 15.5.